The maximum absolute atomic E-state index is 11.5. The fraction of sp³-hybridized carbons (Fsp3) is 0.452. The predicted molar refractivity (Wildman–Crippen MR) is 159 cm³/mol. The summed E-state index contributed by atoms with van der Waals surface area (Å²) in [6, 6.07) is 12.7. The first-order valence-corrected chi connectivity index (χ1v) is 15.9. The van der Waals surface area contributed by atoms with Gasteiger partial charge in [0.05, 0.1) is 27.5 Å². The number of carboxylic acid groups (broad SMARTS) is 1. The summed E-state index contributed by atoms with van der Waals surface area (Å²) in [5, 5.41) is 15.7. The molecule has 4 heterocycles. The minimum absolute atomic E-state index is 0.148. The molecule has 0 amide bonds. The Morgan fingerprint density at radius 2 is 1.80 bits per heavy atom. The Labute approximate surface area is 251 Å². The largest absolute Gasteiger partial charge is 0.476 e. The Balaban J connectivity index is 0.958. The zero-order valence-electron chi connectivity index (χ0n) is 22.3. The fourth-order valence-corrected chi connectivity index (χ4v) is 9.09. The van der Waals surface area contributed by atoms with Crippen molar-refractivity contribution in [1.82, 2.24) is 9.53 Å². The van der Waals surface area contributed by atoms with Gasteiger partial charge in [-0.25, -0.2) is 4.79 Å². The normalized spacial score (nSPS) is 27.1. The van der Waals surface area contributed by atoms with E-state index in [1.54, 1.807) is 0 Å². The molecule has 2 unspecified atom stereocenters. The van der Waals surface area contributed by atoms with Gasteiger partial charge < -0.3 is 19.3 Å². The van der Waals surface area contributed by atoms with Crippen molar-refractivity contribution in [2.24, 2.45) is 5.41 Å². The molecule has 41 heavy (non-hydrogen) atoms. The van der Waals surface area contributed by atoms with Crippen LogP contribution < -0.4 is 4.90 Å². The van der Waals surface area contributed by atoms with Gasteiger partial charge in [-0.1, -0.05) is 34.4 Å². The summed E-state index contributed by atoms with van der Waals surface area (Å²) >= 11 is 14.3. The van der Waals surface area contributed by atoms with Crippen LogP contribution in [0.3, 0.4) is 0 Å². The van der Waals surface area contributed by atoms with E-state index in [0.29, 0.717) is 45.8 Å². The third-order valence-corrected chi connectivity index (χ3v) is 11.1. The van der Waals surface area contributed by atoms with Gasteiger partial charge in [0.25, 0.3) is 0 Å². The standard InChI is InChI=1S/C31H29Cl2N3O4S/c32-23-2-1-3-24(33)26(23)27-22(29(40-34-27)16-4-5-16)15-39-20-13-31(14-20)11-18-6-7-19(12-31)36(18)17-8-9-21-25(10-17)41-35-28(21)30(37)38/h1-3,8-10,16,18-20H,4-7,11-15H2,(H,37,38). The molecule has 1 spiro atoms. The lowest BCUT2D eigenvalue weighted by Crippen LogP contribution is -2.54. The molecule has 2 saturated heterocycles. The molecule has 2 atom stereocenters. The van der Waals surface area contributed by atoms with Gasteiger partial charge in [-0.05, 0) is 98.6 Å². The molecule has 4 aliphatic rings. The van der Waals surface area contributed by atoms with Crippen molar-refractivity contribution in [2.75, 3.05) is 4.90 Å². The summed E-state index contributed by atoms with van der Waals surface area (Å²) in [4.78, 5) is 14.1. The molecule has 2 aromatic carbocycles. The van der Waals surface area contributed by atoms with Gasteiger partial charge >= 0.3 is 5.97 Å². The number of rotatable bonds is 7. The molecule has 4 aromatic rings. The molecule has 2 saturated carbocycles. The summed E-state index contributed by atoms with van der Waals surface area (Å²) in [5.41, 5.74) is 4.09. The van der Waals surface area contributed by atoms with E-state index in [-0.39, 0.29) is 11.8 Å². The number of ether oxygens (including phenoxy) is 1. The lowest BCUT2D eigenvalue weighted by Gasteiger charge is -2.55. The van der Waals surface area contributed by atoms with Crippen LogP contribution in [0.5, 0.6) is 0 Å². The van der Waals surface area contributed by atoms with Crippen molar-refractivity contribution in [1.29, 1.82) is 0 Å². The zero-order chi connectivity index (χ0) is 27.9. The van der Waals surface area contributed by atoms with Crippen LogP contribution in [-0.2, 0) is 11.3 Å². The summed E-state index contributed by atoms with van der Waals surface area (Å²) < 4.78 is 17.5. The highest BCUT2D eigenvalue weighted by Gasteiger charge is 2.54. The maximum atomic E-state index is 11.5. The first-order chi connectivity index (χ1) is 19.9. The van der Waals surface area contributed by atoms with Crippen molar-refractivity contribution in [2.45, 2.75) is 82.1 Å². The van der Waals surface area contributed by atoms with Gasteiger partial charge in [-0.3, -0.25) is 0 Å². The highest BCUT2D eigenvalue weighted by Crippen LogP contribution is 2.58. The van der Waals surface area contributed by atoms with E-state index in [1.165, 1.54) is 42.9 Å². The quantitative estimate of drug-likeness (QED) is 0.225. The first kappa shape index (κ1) is 26.0. The zero-order valence-corrected chi connectivity index (χ0v) is 24.6. The number of hydrogen-bond acceptors (Lipinski definition) is 7. The number of carboxylic acids is 1. The number of nitrogens with zero attached hydrogens (tertiary/aromatic N) is 3. The lowest BCUT2D eigenvalue weighted by atomic mass is 9.59. The molecule has 7 nitrogen and oxygen atoms in total. The average Bonchev–Trinajstić information content (AvgIpc) is 3.45. The molecule has 10 heteroatoms. The smallest absolute Gasteiger partial charge is 0.356 e. The van der Waals surface area contributed by atoms with E-state index in [1.807, 2.05) is 24.3 Å². The molecular formula is C31H29Cl2N3O4S. The number of aromatic carboxylic acids is 1. The van der Waals surface area contributed by atoms with E-state index in [2.05, 4.69) is 26.6 Å². The molecule has 2 aromatic heterocycles. The number of aromatic nitrogens is 2. The molecule has 4 fully saturated rings. The van der Waals surface area contributed by atoms with E-state index in [0.717, 1.165) is 52.7 Å². The Bertz CT molecular complexity index is 1640. The van der Waals surface area contributed by atoms with Crippen molar-refractivity contribution < 1.29 is 19.2 Å². The van der Waals surface area contributed by atoms with Gasteiger partial charge in [-0.2, -0.15) is 4.37 Å². The van der Waals surface area contributed by atoms with Crippen LogP contribution in [0.25, 0.3) is 21.3 Å². The van der Waals surface area contributed by atoms with Crippen LogP contribution in [0, 0.1) is 5.41 Å². The number of piperidine rings is 1. The summed E-state index contributed by atoms with van der Waals surface area (Å²) in [6.45, 7) is 0.457. The first-order valence-electron chi connectivity index (χ1n) is 14.3. The number of fused-ring (bicyclic) bond motifs is 3. The molecular weight excluding hydrogens is 581 g/mol. The second-order valence-corrected chi connectivity index (χ2v) is 13.9. The second kappa shape index (κ2) is 9.69. The third kappa shape index (κ3) is 4.37. The summed E-state index contributed by atoms with van der Waals surface area (Å²) in [6.07, 6.45) is 9.35. The third-order valence-electron chi connectivity index (χ3n) is 9.66. The highest BCUT2D eigenvalue weighted by molar-refractivity contribution is 7.13. The van der Waals surface area contributed by atoms with Crippen LogP contribution in [0.1, 0.15) is 79.1 Å². The summed E-state index contributed by atoms with van der Waals surface area (Å²) in [7, 11) is 0. The minimum atomic E-state index is -0.970. The number of hydrogen-bond donors (Lipinski definition) is 1. The monoisotopic (exact) mass is 609 g/mol. The molecule has 8 rings (SSSR count). The lowest BCUT2D eigenvalue weighted by molar-refractivity contribution is -0.103. The van der Waals surface area contributed by atoms with Gasteiger partial charge in [0, 0.05) is 40.2 Å². The molecule has 2 bridgehead atoms. The van der Waals surface area contributed by atoms with Crippen molar-refractivity contribution in [3.8, 4) is 11.3 Å². The minimum Gasteiger partial charge on any atom is -0.476 e. The Morgan fingerprint density at radius 3 is 2.49 bits per heavy atom. The van der Waals surface area contributed by atoms with Gasteiger partial charge in [-0.15, -0.1) is 0 Å². The summed E-state index contributed by atoms with van der Waals surface area (Å²) in [5.74, 6) is 0.357. The fourth-order valence-electron chi connectivity index (χ4n) is 7.71. The van der Waals surface area contributed by atoms with Crippen LogP contribution in [-0.4, -0.2) is 38.8 Å². The van der Waals surface area contributed by atoms with Crippen LogP contribution >= 0.6 is 34.7 Å². The second-order valence-electron chi connectivity index (χ2n) is 12.3. The van der Waals surface area contributed by atoms with Crippen molar-refractivity contribution in [3.63, 3.8) is 0 Å². The number of carbonyl (C=O) groups is 1. The van der Waals surface area contributed by atoms with Crippen molar-refractivity contribution in [3.05, 3.63) is 63.5 Å². The van der Waals surface area contributed by atoms with Crippen molar-refractivity contribution >= 4 is 56.5 Å². The van der Waals surface area contributed by atoms with Gasteiger partial charge in [0.1, 0.15) is 11.5 Å². The topological polar surface area (TPSA) is 88.7 Å². The molecule has 2 aliphatic heterocycles. The molecule has 1 N–H and O–H groups in total. The highest BCUT2D eigenvalue weighted by atomic mass is 35.5. The van der Waals surface area contributed by atoms with E-state index >= 15 is 0 Å². The van der Waals surface area contributed by atoms with Gasteiger partial charge in [0.2, 0.25) is 0 Å². The number of halogens is 2. The molecule has 0 radical (unpaired) electrons. The molecule has 212 valence electrons. The van der Waals surface area contributed by atoms with E-state index < -0.39 is 5.97 Å². The van der Waals surface area contributed by atoms with Crippen LogP contribution in [0.15, 0.2) is 40.9 Å². The van der Waals surface area contributed by atoms with E-state index in [9.17, 15) is 9.90 Å². The van der Waals surface area contributed by atoms with Crippen LogP contribution in [0.2, 0.25) is 10.0 Å². The maximum Gasteiger partial charge on any atom is 0.356 e. The van der Waals surface area contributed by atoms with E-state index in [4.69, 9.17) is 32.5 Å². The van der Waals surface area contributed by atoms with Crippen LogP contribution in [0.4, 0.5) is 5.69 Å². The molecule has 2 aliphatic carbocycles. The number of benzene rings is 2. The van der Waals surface area contributed by atoms with Gasteiger partial charge in [0.15, 0.2) is 5.69 Å². The number of anilines is 1. The SMILES string of the molecule is O=C(O)c1nsc2cc(N3C4CCC3CC3(CC(OCc5c(-c6c(Cl)cccc6Cl)noc5C5CC5)C3)C4)ccc12. The Hall–Kier alpha value is -2.65. The average molecular weight is 611 g/mol. The Kier molecular flexibility index (Phi) is 6.15. The Morgan fingerprint density at radius 1 is 1.07 bits per heavy atom. The predicted octanol–water partition coefficient (Wildman–Crippen LogP) is 8.33.